The lowest BCUT2D eigenvalue weighted by atomic mass is 10.1. The van der Waals surface area contributed by atoms with Gasteiger partial charge in [-0.3, -0.25) is 14.2 Å². The SMILES string of the molecule is CCn1nc(C)c(Br)c1CC(=O)c1cn(C)nc1C. The molecule has 0 amide bonds. The lowest BCUT2D eigenvalue weighted by molar-refractivity contribution is 0.0989. The van der Waals surface area contributed by atoms with Crippen molar-refractivity contribution < 1.29 is 4.79 Å². The first-order valence-electron chi connectivity index (χ1n) is 6.19. The third kappa shape index (κ3) is 2.63. The Hall–Kier alpha value is -1.43. The highest BCUT2D eigenvalue weighted by Crippen LogP contribution is 2.23. The van der Waals surface area contributed by atoms with Gasteiger partial charge in [0.1, 0.15) is 0 Å². The van der Waals surface area contributed by atoms with Crippen molar-refractivity contribution in [2.45, 2.75) is 33.7 Å². The fourth-order valence-electron chi connectivity index (χ4n) is 2.16. The second-order valence-electron chi connectivity index (χ2n) is 4.56. The van der Waals surface area contributed by atoms with Crippen molar-refractivity contribution in [3.05, 3.63) is 33.3 Å². The number of hydrogen-bond acceptors (Lipinski definition) is 3. The largest absolute Gasteiger partial charge is 0.294 e. The summed E-state index contributed by atoms with van der Waals surface area (Å²) in [6.07, 6.45) is 2.10. The summed E-state index contributed by atoms with van der Waals surface area (Å²) in [5.74, 6) is 0.0703. The van der Waals surface area contributed by atoms with Gasteiger partial charge in [-0.05, 0) is 36.7 Å². The second kappa shape index (κ2) is 5.28. The van der Waals surface area contributed by atoms with Crippen LogP contribution in [-0.2, 0) is 20.0 Å². The van der Waals surface area contributed by atoms with Gasteiger partial charge in [0.05, 0.1) is 33.5 Å². The maximum atomic E-state index is 12.4. The highest BCUT2D eigenvalue weighted by atomic mass is 79.9. The molecule has 2 aromatic rings. The standard InChI is InChI=1S/C13H17BrN4O/c1-5-18-11(13(14)9(3)16-18)6-12(19)10-7-17(4)15-8(10)2/h7H,5-6H2,1-4H3. The number of rotatable bonds is 4. The minimum Gasteiger partial charge on any atom is -0.294 e. The number of nitrogens with zero attached hydrogens (tertiary/aromatic N) is 4. The Morgan fingerprint density at radius 3 is 2.53 bits per heavy atom. The van der Waals surface area contributed by atoms with Crippen LogP contribution >= 0.6 is 15.9 Å². The molecule has 0 radical (unpaired) electrons. The molecule has 2 aromatic heterocycles. The Morgan fingerprint density at radius 2 is 2.00 bits per heavy atom. The van der Waals surface area contributed by atoms with Gasteiger partial charge in [-0.1, -0.05) is 0 Å². The van der Waals surface area contributed by atoms with E-state index in [9.17, 15) is 4.79 Å². The summed E-state index contributed by atoms with van der Waals surface area (Å²) in [5, 5.41) is 8.61. The quantitative estimate of drug-likeness (QED) is 0.812. The molecule has 0 aromatic carbocycles. The minimum atomic E-state index is 0.0703. The fourth-order valence-corrected chi connectivity index (χ4v) is 2.58. The molecule has 19 heavy (non-hydrogen) atoms. The van der Waals surface area contributed by atoms with E-state index in [1.165, 1.54) is 0 Å². The smallest absolute Gasteiger partial charge is 0.172 e. The Kier molecular flexibility index (Phi) is 3.89. The summed E-state index contributed by atoms with van der Waals surface area (Å²) >= 11 is 3.51. The van der Waals surface area contributed by atoms with E-state index in [1.54, 1.807) is 10.9 Å². The third-order valence-corrected chi connectivity index (χ3v) is 4.13. The number of aryl methyl sites for hydroxylation is 4. The van der Waals surface area contributed by atoms with Gasteiger partial charge in [-0.25, -0.2) is 0 Å². The lowest BCUT2D eigenvalue weighted by Gasteiger charge is -2.04. The molecule has 0 spiro atoms. The van der Waals surface area contributed by atoms with Crippen LogP contribution in [0, 0.1) is 13.8 Å². The number of aromatic nitrogens is 4. The molecular formula is C13H17BrN4O. The van der Waals surface area contributed by atoms with Gasteiger partial charge in [-0.2, -0.15) is 10.2 Å². The van der Waals surface area contributed by atoms with E-state index in [0.717, 1.165) is 28.1 Å². The normalized spacial score (nSPS) is 11.0. The van der Waals surface area contributed by atoms with Crippen LogP contribution in [-0.4, -0.2) is 25.3 Å². The summed E-state index contributed by atoms with van der Waals surface area (Å²) in [4.78, 5) is 12.4. The fraction of sp³-hybridized carbons (Fsp3) is 0.462. The molecule has 0 fully saturated rings. The van der Waals surface area contributed by atoms with Crippen LogP contribution in [0.2, 0.25) is 0 Å². The first-order chi connectivity index (χ1) is 8.93. The van der Waals surface area contributed by atoms with E-state index in [2.05, 4.69) is 26.1 Å². The Labute approximate surface area is 120 Å². The summed E-state index contributed by atoms with van der Waals surface area (Å²) in [6.45, 7) is 6.55. The average Bonchev–Trinajstić information content (AvgIpc) is 2.83. The van der Waals surface area contributed by atoms with E-state index < -0.39 is 0 Å². The van der Waals surface area contributed by atoms with Crippen molar-refractivity contribution in [3.63, 3.8) is 0 Å². The first kappa shape index (κ1) is 14.0. The number of carbonyl (C=O) groups excluding carboxylic acids is 1. The summed E-state index contributed by atoms with van der Waals surface area (Å²) < 4.78 is 4.45. The lowest BCUT2D eigenvalue weighted by Crippen LogP contribution is -2.10. The summed E-state index contributed by atoms with van der Waals surface area (Å²) in [6, 6.07) is 0. The topological polar surface area (TPSA) is 52.7 Å². The zero-order valence-corrected chi connectivity index (χ0v) is 13.2. The number of Topliss-reactive ketones (excluding diaryl/α,β-unsaturated/α-hetero) is 1. The summed E-state index contributed by atoms with van der Waals surface area (Å²) in [7, 11) is 1.82. The van der Waals surface area contributed by atoms with Crippen molar-refractivity contribution >= 4 is 21.7 Å². The number of hydrogen-bond donors (Lipinski definition) is 0. The van der Waals surface area contributed by atoms with E-state index in [4.69, 9.17) is 0 Å². The van der Waals surface area contributed by atoms with Crippen LogP contribution < -0.4 is 0 Å². The van der Waals surface area contributed by atoms with E-state index in [1.807, 2.05) is 32.5 Å². The van der Waals surface area contributed by atoms with E-state index in [-0.39, 0.29) is 5.78 Å². The highest BCUT2D eigenvalue weighted by Gasteiger charge is 2.19. The van der Waals surface area contributed by atoms with Gasteiger partial charge in [-0.15, -0.1) is 0 Å². The van der Waals surface area contributed by atoms with E-state index >= 15 is 0 Å². The maximum absolute atomic E-state index is 12.4. The van der Waals surface area contributed by atoms with Crippen molar-refractivity contribution in [1.29, 1.82) is 0 Å². The molecule has 102 valence electrons. The molecule has 0 N–H and O–H groups in total. The predicted octanol–water partition coefficient (Wildman–Crippen LogP) is 2.44. The van der Waals surface area contributed by atoms with Crippen LogP contribution in [0.4, 0.5) is 0 Å². The molecule has 2 rings (SSSR count). The second-order valence-corrected chi connectivity index (χ2v) is 5.36. The van der Waals surface area contributed by atoms with Gasteiger partial charge < -0.3 is 0 Å². The molecule has 5 nitrogen and oxygen atoms in total. The number of halogens is 1. The van der Waals surface area contributed by atoms with Crippen molar-refractivity contribution in [1.82, 2.24) is 19.6 Å². The van der Waals surface area contributed by atoms with Crippen LogP contribution in [0.15, 0.2) is 10.7 Å². The molecule has 0 bridgehead atoms. The predicted molar refractivity (Wildman–Crippen MR) is 76.3 cm³/mol. The van der Waals surface area contributed by atoms with Crippen LogP contribution in [0.25, 0.3) is 0 Å². The molecule has 0 saturated heterocycles. The highest BCUT2D eigenvalue weighted by molar-refractivity contribution is 9.10. The Morgan fingerprint density at radius 1 is 1.32 bits per heavy atom. The number of ketones is 1. The van der Waals surface area contributed by atoms with Gasteiger partial charge in [0.2, 0.25) is 0 Å². The third-order valence-electron chi connectivity index (χ3n) is 3.09. The molecule has 0 aliphatic heterocycles. The minimum absolute atomic E-state index is 0.0703. The molecular weight excluding hydrogens is 308 g/mol. The molecule has 6 heteroatoms. The monoisotopic (exact) mass is 324 g/mol. The maximum Gasteiger partial charge on any atom is 0.172 e. The number of carbonyl (C=O) groups is 1. The zero-order valence-electron chi connectivity index (χ0n) is 11.6. The van der Waals surface area contributed by atoms with E-state index in [0.29, 0.717) is 12.0 Å². The van der Waals surface area contributed by atoms with Crippen molar-refractivity contribution in [2.24, 2.45) is 7.05 Å². The van der Waals surface area contributed by atoms with Crippen LogP contribution in [0.3, 0.4) is 0 Å². The molecule has 0 aliphatic rings. The zero-order chi connectivity index (χ0) is 14.2. The van der Waals surface area contributed by atoms with Crippen LogP contribution in [0.5, 0.6) is 0 Å². The molecule has 0 saturated carbocycles. The average molecular weight is 325 g/mol. The van der Waals surface area contributed by atoms with Crippen molar-refractivity contribution in [2.75, 3.05) is 0 Å². The Bertz CT molecular complexity index is 627. The van der Waals surface area contributed by atoms with Gasteiger partial charge >= 0.3 is 0 Å². The Balaban J connectivity index is 2.31. The van der Waals surface area contributed by atoms with Crippen LogP contribution in [0.1, 0.15) is 34.4 Å². The molecule has 0 aliphatic carbocycles. The van der Waals surface area contributed by atoms with Gasteiger partial charge in [0.25, 0.3) is 0 Å². The van der Waals surface area contributed by atoms with Gasteiger partial charge in [0.15, 0.2) is 5.78 Å². The molecule has 2 heterocycles. The molecule has 0 unspecified atom stereocenters. The van der Waals surface area contributed by atoms with Crippen molar-refractivity contribution in [3.8, 4) is 0 Å². The van der Waals surface area contributed by atoms with Gasteiger partial charge in [0, 0.05) is 19.8 Å². The summed E-state index contributed by atoms with van der Waals surface area (Å²) in [5.41, 5.74) is 3.28. The first-order valence-corrected chi connectivity index (χ1v) is 6.98. The molecule has 0 atom stereocenters.